The van der Waals surface area contributed by atoms with Crippen LogP contribution in [0.4, 0.5) is 0 Å². The molecule has 1 aliphatic rings. The summed E-state index contributed by atoms with van der Waals surface area (Å²) in [5.74, 6) is 0.143. The van der Waals surface area contributed by atoms with Gasteiger partial charge in [-0.2, -0.15) is 0 Å². The maximum absolute atomic E-state index is 11.5. The van der Waals surface area contributed by atoms with Crippen LogP contribution in [-0.4, -0.2) is 49.6 Å². The number of nitrogens with one attached hydrogen (secondary N) is 2. The Morgan fingerprint density at radius 2 is 2.33 bits per heavy atom. The molecule has 15 heavy (non-hydrogen) atoms. The van der Waals surface area contributed by atoms with Gasteiger partial charge >= 0.3 is 0 Å². The Morgan fingerprint density at radius 3 is 2.87 bits per heavy atom. The molecule has 1 amide bonds. The van der Waals surface area contributed by atoms with Gasteiger partial charge in [-0.05, 0) is 32.9 Å². The predicted molar refractivity (Wildman–Crippen MR) is 61.8 cm³/mol. The first kappa shape index (κ1) is 12.5. The Labute approximate surface area is 92.4 Å². The molecule has 1 rings (SSSR count). The van der Waals surface area contributed by atoms with E-state index < -0.39 is 0 Å². The van der Waals surface area contributed by atoms with Gasteiger partial charge in [0.25, 0.3) is 0 Å². The second kappa shape index (κ2) is 6.80. The van der Waals surface area contributed by atoms with Gasteiger partial charge in [0.1, 0.15) is 0 Å². The number of carbonyl (C=O) groups excluding carboxylic acids is 1. The van der Waals surface area contributed by atoms with Crippen LogP contribution in [0, 0.1) is 0 Å². The lowest BCUT2D eigenvalue weighted by Crippen LogP contribution is -2.49. The molecule has 1 fully saturated rings. The molecule has 2 N–H and O–H groups in total. The standard InChI is InChI=1S/C11H23N3O/c1-3-13-11(15)9-14(4-2)10-6-5-7-12-8-10/h10,12H,3-9H2,1-2H3,(H,13,15). The summed E-state index contributed by atoms with van der Waals surface area (Å²) in [7, 11) is 0. The normalized spacial score (nSPS) is 21.7. The lowest BCUT2D eigenvalue weighted by Gasteiger charge is -2.33. The fourth-order valence-electron chi connectivity index (χ4n) is 2.08. The van der Waals surface area contributed by atoms with Crippen LogP contribution in [0.1, 0.15) is 26.7 Å². The smallest absolute Gasteiger partial charge is 0.234 e. The van der Waals surface area contributed by atoms with Crippen molar-refractivity contribution in [2.75, 3.05) is 32.7 Å². The van der Waals surface area contributed by atoms with Gasteiger partial charge in [0.15, 0.2) is 0 Å². The van der Waals surface area contributed by atoms with E-state index in [9.17, 15) is 4.79 Å². The zero-order valence-corrected chi connectivity index (χ0v) is 9.88. The van der Waals surface area contributed by atoms with Crippen LogP contribution in [-0.2, 0) is 4.79 Å². The number of carbonyl (C=O) groups is 1. The molecule has 0 spiro atoms. The quantitative estimate of drug-likeness (QED) is 0.685. The highest BCUT2D eigenvalue weighted by atomic mass is 16.2. The highest BCUT2D eigenvalue weighted by Crippen LogP contribution is 2.09. The van der Waals surface area contributed by atoms with Gasteiger partial charge in [-0.1, -0.05) is 6.92 Å². The molecule has 1 saturated heterocycles. The lowest BCUT2D eigenvalue weighted by molar-refractivity contribution is -0.122. The number of piperidine rings is 1. The van der Waals surface area contributed by atoms with Crippen LogP contribution >= 0.6 is 0 Å². The molecule has 0 aliphatic carbocycles. The molecular formula is C11H23N3O. The molecule has 1 aliphatic heterocycles. The van der Waals surface area contributed by atoms with E-state index in [2.05, 4.69) is 22.5 Å². The second-order valence-electron chi connectivity index (χ2n) is 4.02. The van der Waals surface area contributed by atoms with Gasteiger partial charge in [0.05, 0.1) is 6.54 Å². The Hall–Kier alpha value is -0.610. The molecule has 0 radical (unpaired) electrons. The van der Waals surface area contributed by atoms with Gasteiger partial charge < -0.3 is 10.6 Å². The largest absolute Gasteiger partial charge is 0.355 e. The average Bonchev–Trinajstić information content (AvgIpc) is 2.27. The van der Waals surface area contributed by atoms with Gasteiger partial charge in [-0.15, -0.1) is 0 Å². The van der Waals surface area contributed by atoms with Crippen molar-refractivity contribution >= 4 is 5.91 Å². The van der Waals surface area contributed by atoms with Crippen molar-refractivity contribution < 1.29 is 4.79 Å². The monoisotopic (exact) mass is 213 g/mol. The molecule has 4 nitrogen and oxygen atoms in total. The zero-order chi connectivity index (χ0) is 11.1. The van der Waals surface area contributed by atoms with Crippen molar-refractivity contribution in [2.24, 2.45) is 0 Å². The second-order valence-corrected chi connectivity index (χ2v) is 4.02. The fourth-order valence-corrected chi connectivity index (χ4v) is 2.08. The zero-order valence-electron chi connectivity index (χ0n) is 9.88. The summed E-state index contributed by atoms with van der Waals surface area (Å²) >= 11 is 0. The Morgan fingerprint density at radius 1 is 1.53 bits per heavy atom. The minimum absolute atomic E-state index is 0.143. The highest BCUT2D eigenvalue weighted by Gasteiger charge is 2.21. The van der Waals surface area contributed by atoms with E-state index in [1.54, 1.807) is 0 Å². The molecule has 0 aromatic rings. The third-order valence-electron chi connectivity index (χ3n) is 2.91. The molecular weight excluding hydrogens is 190 g/mol. The molecule has 0 aromatic heterocycles. The van der Waals surface area contributed by atoms with E-state index in [1.807, 2.05) is 6.92 Å². The Bertz CT molecular complexity index is 190. The number of amides is 1. The van der Waals surface area contributed by atoms with E-state index >= 15 is 0 Å². The number of hydrogen-bond donors (Lipinski definition) is 2. The molecule has 4 heteroatoms. The van der Waals surface area contributed by atoms with Gasteiger partial charge in [-0.3, -0.25) is 9.69 Å². The van der Waals surface area contributed by atoms with Crippen LogP contribution in [0.2, 0.25) is 0 Å². The molecule has 1 atom stereocenters. The summed E-state index contributed by atoms with van der Waals surface area (Å²) in [6, 6.07) is 0.534. The van der Waals surface area contributed by atoms with Crippen LogP contribution in [0.3, 0.4) is 0 Å². The number of hydrogen-bond acceptors (Lipinski definition) is 3. The molecule has 0 aromatic carbocycles. The Balaban J connectivity index is 2.36. The van der Waals surface area contributed by atoms with Crippen LogP contribution < -0.4 is 10.6 Å². The maximum Gasteiger partial charge on any atom is 0.234 e. The third kappa shape index (κ3) is 4.18. The van der Waals surface area contributed by atoms with Crippen LogP contribution in [0.5, 0.6) is 0 Å². The van der Waals surface area contributed by atoms with Crippen molar-refractivity contribution in [1.82, 2.24) is 15.5 Å². The molecule has 0 bridgehead atoms. The average molecular weight is 213 g/mol. The lowest BCUT2D eigenvalue weighted by atomic mass is 10.1. The number of rotatable bonds is 5. The van der Waals surface area contributed by atoms with Crippen molar-refractivity contribution in [3.05, 3.63) is 0 Å². The van der Waals surface area contributed by atoms with E-state index in [0.29, 0.717) is 12.6 Å². The first-order chi connectivity index (χ1) is 7.27. The fraction of sp³-hybridized carbons (Fsp3) is 0.909. The first-order valence-corrected chi connectivity index (χ1v) is 5.99. The van der Waals surface area contributed by atoms with Crippen LogP contribution in [0.15, 0.2) is 0 Å². The molecule has 1 heterocycles. The third-order valence-corrected chi connectivity index (χ3v) is 2.91. The van der Waals surface area contributed by atoms with E-state index in [0.717, 1.165) is 26.2 Å². The number of nitrogens with zero attached hydrogens (tertiary/aromatic N) is 1. The van der Waals surface area contributed by atoms with Crippen LogP contribution in [0.25, 0.3) is 0 Å². The van der Waals surface area contributed by atoms with Crippen molar-refractivity contribution in [3.8, 4) is 0 Å². The first-order valence-electron chi connectivity index (χ1n) is 5.99. The summed E-state index contributed by atoms with van der Waals surface area (Å²) in [5, 5.41) is 6.23. The molecule has 1 unspecified atom stereocenters. The van der Waals surface area contributed by atoms with Crippen molar-refractivity contribution in [3.63, 3.8) is 0 Å². The topological polar surface area (TPSA) is 44.4 Å². The Kier molecular flexibility index (Phi) is 5.65. The molecule has 88 valence electrons. The number of likely N-dealkylation sites (N-methyl/N-ethyl adjacent to an activating group) is 2. The van der Waals surface area contributed by atoms with Crippen molar-refractivity contribution in [2.45, 2.75) is 32.7 Å². The highest BCUT2D eigenvalue weighted by molar-refractivity contribution is 5.77. The predicted octanol–water partition coefficient (Wildman–Crippen LogP) is 0.196. The van der Waals surface area contributed by atoms with E-state index in [-0.39, 0.29) is 5.91 Å². The summed E-state index contributed by atoms with van der Waals surface area (Å²) in [6.45, 7) is 8.42. The minimum Gasteiger partial charge on any atom is -0.355 e. The van der Waals surface area contributed by atoms with Gasteiger partial charge in [0, 0.05) is 19.1 Å². The molecule has 0 saturated carbocycles. The minimum atomic E-state index is 0.143. The summed E-state index contributed by atoms with van der Waals surface area (Å²) in [4.78, 5) is 13.7. The summed E-state index contributed by atoms with van der Waals surface area (Å²) in [5.41, 5.74) is 0. The van der Waals surface area contributed by atoms with Gasteiger partial charge in [0.2, 0.25) is 5.91 Å². The van der Waals surface area contributed by atoms with E-state index in [4.69, 9.17) is 0 Å². The SMILES string of the molecule is CCNC(=O)CN(CC)C1CCCNC1. The van der Waals surface area contributed by atoms with E-state index in [1.165, 1.54) is 12.8 Å². The maximum atomic E-state index is 11.5. The van der Waals surface area contributed by atoms with Crippen molar-refractivity contribution in [1.29, 1.82) is 0 Å². The summed E-state index contributed by atoms with van der Waals surface area (Å²) < 4.78 is 0. The summed E-state index contributed by atoms with van der Waals surface area (Å²) in [6.07, 6.45) is 2.43. The van der Waals surface area contributed by atoms with Gasteiger partial charge in [-0.25, -0.2) is 0 Å².